The predicted molar refractivity (Wildman–Crippen MR) is 62.7 cm³/mol. The molecule has 96 valence electrons. The van der Waals surface area contributed by atoms with Crippen LogP contribution in [0.5, 0.6) is 0 Å². The van der Waals surface area contributed by atoms with Crippen molar-refractivity contribution in [1.29, 1.82) is 0 Å². The fourth-order valence-corrected chi connectivity index (χ4v) is 1.42. The van der Waals surface area contributed by atoms with Gasteiger partial charge in [0.1, 0.15) is 5.82 Å². The first-order chi connectivity index (χ1) is 8.79. The lowest BCUT2D eigenvalue weighted by molar-refractivity contribution is 0.199. The van der Waals surface area contributed by atoms with Crippen LogP contribution in [0.25, 0.3) is 5.69 Å². The number of hydrogen-bond acceptors (Lipinski definition) is 5. The molecule has 0 saturated heterocycles. The maximum atomic E-state index is 13.0. The highest BCUT2D eigenvalue weighted by Gasteiger charge is 2.03. The summed E-state index contributed by atoms with van der Waals surface area (Å²) >= 11 is 0. The number of pyridine rings is 1. The van der Waals surface area contributed by atoms with Crippen molar-refractivity contribution in [2.75, 3.05) is 20.3 Å². The van der Waals surface area contributed by atoms with Gasteiger partial charge in [-0.1, -0.05) is 5.21 Å². The van der Waals surface area contributed by atoms with Crippen LogP contribution in [0, 0.1) is 5.82 Å². The van der Waals surface area contributed by atoms with Crippen molar-refractivity contribution in [2.24, 2.45) is 0 Å². The summed E-state index contributed by atoms with van der Waals surface area (Å²) in [5, 5.41) is 11.0. The largest absolute Gasteiger partial charge is 0.383 e. The van der Waals surface area contributed by atoms with E-state index >= 15 is 0 Å². The second kappa shape index (κ2) is 6.18. The molecule has 0 bridgehead atoms. The molecule has 0 atom stereocenters. The molecule has 2 aromatic rings. The van der Waals surface area contributed by atoms with Crippen LogP contribution in [0.3, 0.4) is 0 Å². The molecule has 6 nitrogen and oxygen atoms in total. The van der Waals surface area contributed by atoms with Gasteiger partial charge in [0.25, 0.3) is 0 Å². The van der Waals surface area contributed by atoms with E-state index in [9.17, 15) is 4.39 Å². The molecular weight excluding hydrogens is 237 g/mol. The summed E-state index contributed by atoms with van der Waals surface area (Å²) in [5.74, 6) is -0.400. The van der Waals surface area contributed by atoms with E-state index in [1.54, 1.807) is 13.3 Å². The SMILES string of the molecule is COCCNCc1cn(-c2cncc(F)c2)nn1. The Morgan fingerprint density at radius 3 is 3.11 bits per heavy atom. The molecule has 0 saturated carbocycles. The number of methoxy groups -OCH3 is 1. The molecule has 1 N–H and O–H groups in total. The monoisotopic (exact) mass is 251 g/mol. The maximum absolute atomic E-state index is 13.0. The van der Waals surface area contributed by atoms with Crippen molar-refractivity contribution in [3.8, 4) is 5.69 Å². The van der Waals surface area contributed by atoms with Gasteiger partial charge in [-0.15, -0.1) is 5.10 Å². The van der Waals surface area contributed by atoms with E-state index in [1.807, 2.05) is 0 Å². The molecule has 2 rings (SSSR count). The Kier molecular flexibility index (Phi) is 4.32. The molecule has 0 aliphatic heterocycles. The third kappa shape index (κ3) is 3.31. The Bertz CT molecular complexity index is 502. The van der Waals surface area contributed by atoms with Crippen molar-refractivity contribution >= 4 is 0 Å². The molecule has 0 aliphatic rings. The molecule has 0 spiro atoms. The fraction of sp³-hybridized carbons (Fsp3) is 0.364. The Hall–Kier alpha value is -1.86. The summed E-state index contributed by atoms with van der Waals surface area (Å²) in [6.07, 6.45) is 4.41. The molecular formula is C11H14FN5O. The van der Waals surface area contributed by atoms with E-state index in [1.165, 1.54) is 16.9 Å². The van der Waals surface area contributed by atoms with E-state index in [0.717, 1.165) is 18.4 Å². The number of halogens is 1. The van der Waals surface area contributed by atoms with Crippen molar-refractivity contribution in [3.63, 3.8) is 0 Å². The summed E-state index contributed by atoms with van der Waals surface area (Å²) in [7, 11) is 1.65. The Balaban J connectivity index is 1.97. The number of nitrogens with zero attached hydrogens (tertiary/aromatic N) is 4. The van der Waals surface area contributed by atoms with Gasteiger partial charge in [0, 0.05) is 26.3 Å². The summed E-state index contributed by atoms with van der Waals surface area (Å²) < 4.78 is 19.4. The maximum Gasteiger partial charge on any atom is 0.143 e. The summed E-state index contributed by atoms with van der Waals surface area (Å²) in [6, 6.07) is 1.35. The zero-order valence-corrected chi connectivity index (χ0v) is 10.0. The molecule has 0 aromatic carbocycles. The highest BCUT2D eigenvalue weighted by atomic mass is 19.1. The first-order valence-corrected chi connectivity index (χ1v) is 5.51. The fourth-order valence-electron chi connectivity index (χ4n) is 1.42. The second-order valence-corrected chi connectivity index (χ2v) is 3.69. The minimum Gasteiger partial charge on any atom is -0.383 e. The van der Waals surface area contributed by atoms with Crippen LogP contribution in [-0.4, -0.2) is 40.2 Å². The van der Waals surface area contributed by atoms with Gasteiger partial charge < -0.3 is 10.1 Å². The van der Waals surface area contributed by atoms with Gasteiger partial charge in [-0.3, -0.25) is 4.98 Å². The average molecular weight is 251 g/mol. The van der Waals surface area contributed by atoms with Crippen LogP contribution in [0.1, 0.15) is 5.69 Å². The van der Waals surface area contributed by atoms with Crippen molar-refractivity contribution in [3.05, 3.63) is 36.2 Å². The van der Waals surface area contributed by atoms with Gasteiger partial charge >= 0.3 is 0 Å². The molecule has 0 radical (unpaired) electrons. The van der Waals surface area contributed by atoms with Crippen molar-refractivity contribution < 1.29 is 9.13 Å². The van der Waals surface area contributed by atoms with E-state index < -0.39 is 5.82 Å². The highest BCUT2D eigenvalue weighted by Crippen LogP contribution is 2.06. The van der Waals surface area contributed by atoms with Crippen LogP contribution in [-0.2, 0) is 11.3 Å². The molecule has 0 unspecified atom stereocenters. The van der Waals surface area contributed by atoms with Crippen molar-refractivity contribution in [2.45, 2.75) is 6.54 Å². The molecule has 2 heterocycles. The first kappa shape index (κ1) is 12.6. The Morgan fingerprint density at radius 1 is 1.44 bits per heavy atom. The average Bonchev–Trinajstić information content (AvgIpc) is 2.83. The van der Waals surface area contributed by atoms with Gasteiger partial charge in [-0.25, -0.2) is 9.07 Å². The minimum atomic E-state index is -0.400. The van der Waals surface area contributed by atoms with Crippen LogP contribution in [0.2, 0.25) is 0 Å². The quantitative estimate of drug-likeness (QED) is 0.759. The summed E-state index contributed by atoms with van der Waals surface area (Å²) in [6.45, 7) is 1.97. The summed E-state index contributed by atoms with van der Waals surface area (Å²) in [4.78, 5) is 3.76. The van der Waals surface area contributed by atoms with E-state index in [-0.39, 0.29) is 0 Å². The van der Waals surface area contributed by atoms with Crippen LogP contribution < -0.4 is 5.32 Å². The summed E-state index contributed by atoms with van der Waals surface area (Å²) in [5.41, 5.74) is 1.32. The third-order valence-electron chi connectivity index (χ3n) is 2.28. The number of ether oxygens (including phenoxy) is 1. The lowest BCUT2D eigenvalue weighted by atomic mass is 10.4. The van der Waals surface area contributed by atoms with Gasteiger partial charge in [-0.2, -0.15) is 0 Å². The Morgan fingerprint density at radius 2 is 2.33 bits per heavy atom. The lowest BCUT2D eigenvalue weighted by Crippen LogP contribution is -2.18. The smallest absolute Gasteiger partial charge is 0.143 e. The molecule has 0 amide bonds. The van der Waals surface area contributed by atoms with E-state index in [2.05, 4.69) is 20.6 Å². The predicted octanol–water partition coefficient (Wildman–Crippen LogP) is 0.537. The van der Waals surface area contributed by atoms with E-state index in [4.69, 9.17) is 4.74 Å². The van der Waals surface area contributed by atoms with Gasteiger partial charge in [0.05, 0.1) is 36.6 Å². The zero-order valence-electron chi connectivity index (χ0n) is 10.0. The van der Waals surface area contributed by atoms with E-state index in [0.29, 0.717) is 18.8 Å². The molecule has 2 aromatic heterocycles. The third-order valence-corrected chi connectivity index (χ3v) is 2.28. The number of aromatic nitrogens is 4. The minimum absolute atomic E-state index is 0.400. The molecule has 7 heteroatoms. The Labute approximate surface area is 104 Å². The molecule has 18 heavy (non-hydrogen) atoms. The normalized spacial score (nSPS) is 10.8. The number of nitrogens with one attached hydrogen (secondary N) is 1. The zero-order chi connectivity index (χ0) is 12.8. The van der Waals surface area contributed by atoms with Crippen LogP contribution >= 0.6 is 0 Å². The number of hydrogen-bond donors (Lipinski definition) is 1. The molecule has 0 fully saturated rings. The highest BCUT2D eigenvalue weighted by molar-refractivity contribution is 5.26. The van der Waals surface area contributed by atoms with Gasteiger partial charge in [-0.05, 0) is 0 Å². The first-order valence-electron chi connectivity index (χ1n) is 5.51. The lowest BCUT2D eigenvalue weighted by Gasteiger charge is -2.00. The van der Waals surface area contributed by atoms with Gasteiger partial charge in [0.15, 0.2) is 0 Å². The van der Waals surface area contributed by atoms with Crippen molar-refractivity contribution in [1.82, 2.24) is 25.3 Å². The molecule has 0 aliphatic carbocycles. The van der Waals surface area contributed by atoms with Crippen LogP contribution in [0.4, 0.5) is 4.39 Å². The number of rotatable bonds is 6. The standard InChI is InChI=1S/C11H14FN5O/c1-18-3-2-13-6-10-8-17(16-15-10)11-4-9(12)5-14-7-11/h4-5,7-8,13H,2-3,6H2,1H3. The van der Waals surface area contributed by atoms with Crippen LogP contribution in [0.15, 0.2) is 24.7 Å². The second-order valence-electron chi connectivity index (χ2n) is 3.69. The topological polar surface area (TPSA) is 64.9 Å². The van der Waals surface area contributed by atoms with Gasteiger partial charge in [0.2, 0.25) is 0 Å².